The predicted molar refractivity (Wildman–Crippen MR) is 128 cm³/mol. The first-order valence-electron chi connectivity index (χ1n) is 11.4. The molecule has 3 heterocycles. The Balaban J connectivity index is 1.37. The summed E-state index contributed by atoms with van der Waals surface area (Å²) in [6.07, 6.45) is 5.48. The molecule has 0 unspecified atom stereocenters. The van der Waals surface area contributed by atoms with Crippen LogP contribution >= 0.6 is 0 Å². The van der Waals surface area contributed by atoms with Crippen molar-refractivity contribution in [2.75, 3.05) is 44.2 Å². The molecule has 0 aliphatic carbocycles. The van der Waals surface area contributed by atoms with Gasteiger partial charge in [-0.2, -0.15) is 0 Å². The fourth-order valence-corrected chi connectivity index (χ4v) is 3.92. The Morgan fingerprint density at radius 3 is 2.59 bits per heavy atom. The Kier molecular flexibility index (Phi) is 7.68. The number of guanidine groups is 1. The third kappa shape index (κ3) is 5.84. The maximum Gasteiger partial charge on any atom is 0.194 e. The van der Waals surface area contributed by atoms with Gasteiger partial charge in [0, 0.05) is 58.4 Å². The van der Waals surface area contributed by atoms with Crippen LogP contribution in [0.25, 0.3) is 0 Å². The largest absolute Gasteiger partial charge is 0.354 e. The maximum atomic E-state index is 4.96. The van der Waals surface area contributed by atoms with Crippen molar-refractivity contribution in [2.24, 2.45) is 4.99 Å². The summed E-state index contributed by atoms with van der Waals surface area (Å²) in [4.78, 5) is 14.2. The molecule has 0 atom stereocenters. The molecule has 8 heteroatoms. The van der Waals surface area contributed by atoms with Gasteiger partial charge in [-0.1, -0.05) is 43.3 Å². The molecule has 168 valence electrons. The highest BCUT2D eigenvalue weighted by Crippen LogP contribution is 2.12. The minimum absolute atomic E-state index is 0.764. The van der Waals surface area contributed by atoms with Crippen LogP contribution in [0.2, 0.25) is 0 Å². The van der Waals surface area contributed by atoms with Crippen LogP contribution in [-0.4, -0.2) is 69.9 Å². The quantitative estimate of drug-likeness (QED) is 0.435. The van der Waals surface area contributed by atoms with Crippen LogP contribution in [0.15, 0.2) is 66.0 Å². The van der Waals surface area contributed by atoms with Gasteiger partial charge in [0.05, 0.1) is 0 Å². The van der Waals surface area contributed by atoms with Gasteiger partial charge in [-0.05, 0) is 24.1 Å². The Bertz CT molecular complexity index is 962. The van der Waals surface area contributed by atoms with Crippen molar-refractivity contribution < 1.29 is 0 Å². The van der Waals surface area contributed by atoms with Gasteiger partial charge in [0.2, 0.25) is 0 Å². The molecule has 0 saturated carbocycles. The summed E-state index contributed by atoms with van der Waals surface area (Å²) in [5, 5.41) is 11.8. The number of aryl methyl sites for hydroxylation is 1. The number of aliphatic imine (C=N–C) groups is 1. The van der Waals surface area contributed by atoms with E-state index in [-0.39, 0.29) is 0 Å². The van der Waals surface area contributed by atoms with Gasteiger partial charge in [0.15, 0.2) is 5.96 Å². The number of anilines is 1. The summed E-state index contributed by atoms with van der Waals surface area (Å²) in [5.74, 6) is 3.04. The number of pyridine rings is 1. The monoisotopic (exact) mass is 432 g/mol. The van der Waals surface area contributed by atoms with Crippen LogP contribution in [0.4, 0.5) is 5.82 Å². The number of nitrogens with one attached hydrogen (secondary N) is 1. The van der Waals surface area contributed by atoms with E-state index in [0.717, 1.165) is 76.3 Å². The minimum atomic E-state index is 0.764. The molecule has 0 bridgehead atoms. The molecule has 1 aliphatic rings. The van der Waals surface area contributed by atoms with Crippen LogP contribution in [0, 0.1) is 0 Å². The van der Waals surface area contributed by atoms with E-state index in [1.165, 1.54) is 5.56 Å². The summed E-state index contributed by atoms with van der Waals surface area (Å²) in [7, 11) is 0. The predicted octanol–water partition coefficient (Wildman–Crippen LogP) is 2.25. The Labute approximate surface area is 190 Å². The maximum absolute atomic E-state index is 4.96. The lowest BCUT2D eigenvalue weighted by atomic mass is 10.2. The lowest BCUT2D eigenvalue weighted by molar-refractivity contribution is 0.369. The van der Waals surface area contributed by atoms with E-state index in [0.29, 0.717) is 0 Å². The number of nitrogens with zero attached hydrogens (tertiary/aromatic N) is 7. The number of hydrogen-bond acceptors (Lipinski definition) is 5. The van der Waals surface area contributed by atoms with Crippen LogP contribution in [0.3, 0.4) is 0 Å². The zero-order valence-electron chi connectivity index (χ0n) is 18.8. The van der Waals surface area contributed by atoms with Crippen molar-refractivity contribution in [1.82, 2.24) is 30.0 Å². The molecule has 0 amide bonds. The first-order valence-corrected chi connectivity index (χ1v) is 11.4. The summed E-state index contributed by atoms with van der Waals surface area (Å²) < 4.78 is 2.10. The molecule has 3 aromatic rings. The molecule has 0 radical (unpaired) electrons. The second kappa shape index (κ2) is 11.3. The average molecular weight is 433 g/mol. The fraction of sp³-hybridized carbons (Fsp3) is 0.417. The molecule has 1 aromatic carbocycles. The Hall–Kier alpha value is -3.42. The van der Waals surface area contributed by atoms with E-state index >= 15 is 0 Å². The van der Waals surface area contributed by atoms with Crippen molar-refractivity contribution in [3.05, 3.63) is 72.4 Å². The third-order valence-electron chi connectivity index (χ3n) is 5.71. The second-order valence-corrected chi connectivity index (χ2v) is 7.82. The van der Waals surface area contributed by atoms with Crippen LogP contribution in [0.5, 0.6) is 0 Å². The summed E-state index contributed by atoms with van der Waals surface area (Å²) in [6.45, 7) is 8.17. The highest BCUT2D eigenvalue weighted by atomic mass is 15.4. The molecule has 2 aromatic heterocycles. The third-order valence-corrected chi connectivity index (χ3v) is 5.71. The molecular weight excluding hydrogens is 400 g/mol. The fourth-order valence-electron chi connectivity index (χ4n) is 3.92. The second-order valence-electron chi connectivity index (χ2n) is 7.82. The van der Waals surface area contributed by atoms with Gasteiger partial charge in [0.1, 0.15) is 18.0 Å². The summed E-state index contributed by atoms with van der Waals surface area (Å²) >= 11 is 0. The van der Waals surface area contributed by atoms with Crippen LogP contribution in [-0.2, 0) is 19.4 Å². The van der Waals surface area contributed by atoms with E-state index in [4.69, 9.17) is 4.99 Å². The average Bonchev–Trinajstić information content (AvgIpc) is 3.32. The lowest BCUT2D eigenvalue weighted by Gasteiger charge is -2.37. The standard InChI is InChI=1S/C24H32N8/c1-2-22-29-28-20-32(22)15-14-27-24(26-13-11-21-8-4-3-5-9-21)31-18-16-30(17-19-31)23-10-6-7-12-25-23/h3-10,12,20H,2,11,13-19H2,1H3,(H,26,27). The molecule has 1 aliphatic heterocycles. The van der Waals surface area contributed by atoms with E-state index in [2.05, 4.69) is 78.2 Å². The molecule has 0 spiro atoms. The van der Waals surface area contributed by atoms with E-state index in [1.54, 1.807) is 6.33 Å². The van der Waals surface area contributed by atoms with Crippen molar-refractivity contribution >= 4 is 11.8 Å². The van der Waals surface area contributed by atoms with Gasteiger partial charge in [-0.3, -0.25) is 4.99 Å². The molecule has 8 nitrogen and oxygen atoms in total. The number of benzene rings is 1. The highest BCUT2D eigenvalue weighted by Gasteiger charge is 2.20. The molecule has 32 heavy (non-hydrogen) atoms. The van der Waals surface area contributed by atoms with Gasteiger partial charge in [-0.15, -0.1) is 10.2 Å². The lowest BCUT2D eigenvalue weighted by Crippen LogP contribution is -2.53. The van der Waals surface area contributed by atoms with Gasteiger partial charge in [-0.25, -0.2) is 4.98 Å². The SMILES string of the molecule is CCc1nncn1CCNC(=NCCc1ccccc1)N1CCN(c2ccccn2)CC1. The van der Waals surface area contributed by atoms with Crippen molar-refractivity contribution in [3.63, 3.8) is 0 Å². The zero-order valence-corrected chi connectivity index (χ0v) is 18.8. The van der Waals surface area contributed by atoms with Gasteiger partial charge < -0.3 is 19.7 Å². The molecule has 1 fully saturated rings. The first-order chi connectivity index (χ1) is 15.8. The molecule has 1 N–H and O–H groups in total. The van der Waals surface area contributed by atoms with Crippen LogP contribution < -0.4 is 10.2 Å². The van der Waals surface area contributed by atoms with E-state index < -0.39 is 0 Å². The van der Waals surface area contributed by atoms with Gasteiger partial charge in [0.25, 0.3) is 0 Å². The normalized spacial score (nSPS) is 14.6. The minimum Gasteiger partial charge on any atom is -0.354 e. The first kappa shape index (κ1) is 21.8. The number of aromatic nitrogens is 4. The summed E-state index contributed by atoms with van der Waals surface area (Å²) in [5.41, 5.74) is 1.31. The van der Waals surface area contributed by atoms with Crippen molar-refractivity contribution in [3.8, 4) is 0 Å². The van der Waals surface area contributed by atoms with E-state index in [1.807, 2.05) is 18.3 Å². The van der Waals surface area contributed by atoms with Crippen molar-refractivity contribution in [2.45, 2.75) is 26.3 Å². The number of hydrogen-bond donors (Lipinski definition) is 1. The topological polar surface area (TPSA) is 74.5 Å². The smallest absolute Gasteiger partial charge is 0.194 e. The zero-order chi connectivity index (χ0) is 22.0. The molecule has 1 saturated heterocycles. The summed E-state index contributed by atoms with van der Waals surface area (Å²) in [6, 6.07) is 16.6. The Morgan fingerprint density at radius 1 is 1.03 bits per heavy atom. The molecular formula is C24H32N8. The number of piperazine rings is 1. The van der Waals surface area contributed by atoms with Crippen molar-refractivity contribution in [1.29, 1.82) is 0 Å². The number of rotatable bonds is 8. The van der Waals surface area contributed by atoms with Crippen LogP contribution in [0.1, 0.15) is 18.3 Å². The molecule has 4 rings (SSSR count). The van der Waals surface area contributed by atoms with Gasteiger partial charge >= 0.3 is 0 Å². The Morgan fingerprint density at radius 2 is 1.84 bits per heavy atom. The highest BCUT2D eigenvalue weighted by molar-refractivity contribution is 5.80. The van der Waals surface area contributed by atoms with E-state index in [9.17, 15) is 0 Å².